The highest BCUT2D eigenvalue weighted by molar-refractivity contribution is 5.95. The summed E-state index contributed by atoms with van der Waals surface area (Å²) in [5.74, 6) is -0.00923. The van der Waals surface area contributed by atoms with E-state index < -0.39 is 0 Å². The summed E-state index contributed by atoms with van der Waals surface area (Å²) in [6, 6.07) is 3.61. The molecular weight excluding hydrogens is 220 g/mol. The number of pyridine rings is 1. The van der Waals surface area contributed by atoms with Gasteiger partial charge in [-0.3, -0.25) is 9.88 Å². The lowest BCUT2D eigenvalue weighted by molar-refractivity contribution is 0.138. The van der Waals surface area contributed by atoms with Crippen molar-refractivity contribution < 1.29 is 10.3 Å². The highest BCUT2D eigenvalue weighted by Gasteiger charge is 2.06. The zero-order valence-corrected chi connectivity index (χ0v) is 10.0. The van der Waals surface area contributed by atoms with Crippen LogP contribution in [0.5, 0.6) is 0 Å². The highest BCUT2D eigenvalue weighted by atomic mass is 16.4. The summed E-state index contributed by atoms with van der Waals surface area (Å²) in [6.07, 6.45) is 1.24. The minimum atomic E-state index is -0.370. The monoisotopic (exact) mass is 238 g/mol. The van der Waals surface area contributed by atoms with Crippen LogP contribution in [0.4, 0.5) is 0 Å². The first-order valence-electron chi connectivity index (χ1n) is 5.32. The first kappa shape index (κ1) is 13.4. The minimum absolute atomic E-state index is 0.00923. The summed E-state index contributed by atoms with van der Waals surface area (Å²) >= 11 is 0. The van der Waals surface area contributed by atoms with Crippen LogP contribution in [0, 0.1) is 0 Å². The Hall–Kier alpha value is -1.66. The average Bonchev–Trinajstić information content (AvgIpc) is 2.27. The van der Waals surface area contributed by atoms with E-state index in [9.17, 15) is 5.11 Å². The Morgan fingerprint density at radius 2 is 2.35 bits per heavy atom. The maximum Gasteiger partial charge on any atom is 0.188 e. The zero-order valence-electron chi connectivity index (χ0n) is 10.0. The van der Waals surface area contributed by atoms with Crippen LogP contribution in [0.1, 0.15) is 18.2 Å². The molecule has 0 saturated heterocycles. The van der Waals surface area contributed by atoms with Gasteiger partial charge in [0, 0.05) is 19.3 Å². The van der Waals surface area contributed by atoms with Crippen molar-refractivity contribution in [1.82, 2.24) is 9.88 Å². The predicted molar refractivity (Wildman–Crippen MR) is 64.8 cm³/mol. The lowest BCUT2D eigenvalue weighted by atomic mass is 10.2. The summed E-state index contributed by atoms with van der Waals surface area (Å²) in [4.78, 5) is 5.98. The fourth-order valence-corrected chi connectivity index (χ4v) is 1.59. The van der Waals surface area contributed by atoms with Crippen LogP contribution in [0.15, 0.2) is 23.5 Å². The number of aromatic nitrogens is 1. The molecule has 0 spiro atoms. The Labute approximate surface area is 100 Å². The molecule has 0 aliphatic heterocycles. The zero-order chi connectivity index (χ0) is 12.8. The summed E-state index contributed by atoms with van der Waals surface area (Å²) in [5.41, 5.74) is 6.89. The fourth-order valence-electron chi connectivity index (χ4n) is 1.59. The summed E-state index contributed by atoms with van der Waals surface area (Å²) in [6.45, 7) is 2.99. The van der Waals surface area contributed by atoms with E-state index in [0.29, 0.717) is 18.8 Å². The molecule has 6 nitrogen and oxygen atoms in total. The van der Waals surface area contributed by atoms with Gasteiger partial charge in [0.1, 0.15) is 5.69 Å². The molecule has 0 amide bonds. The van der Waals surface area contributed by atoms with Gasteiger partial charge in [-0.2, -0.15) is 0 Å². The molecule has 1 aromatic heterocycles. The van der Waals surface area contributed by atoms with Gasteiger partial charge in [-0.1, -0.05) is 5.16 Å². The Bertz CT molecular complexity index is 393. The lowest BCUT2D eigenvalue weighted by Gasteiger charge is -2.18. The van der Waals surface area contributed by atoms with Gasteiger partial charge in [0.25, 0.3) is 0 Å². The van der Waals surface area contributed by atoms with Gasteiger partial charge in [0.05, 0.1) is 6.10 Å². The first-order chi connectivity index (χ1) is 8.02. The Kier molecular flexibility index (Phi) is 4.86. The van der Waals surface area contributed by atoms with Gasteiger partial charge < -0.3 is 16.0 Å². The molecule has 0 radical (unpaired) electrons. The van der Waals surface area contributed by atoms with Crippen molar-refractivity contribution in [2.75, 3.05) is 13.6 Å². The van der Waals surface area contributed by atoms with Crippen molar-refractivity contribution in [3.63, 3.8) is 0 Å². The van der Waals surface area contributed by atoms with E-state index in [1.54, 1.807) is 19.2 Å². The van der Waals surface area contributed by atoms with Crippen LogP contribution < -0.4 is 5.73 Å². The summed E-state index contributed by atoms with van der Waals surface area (Å²) in [7, 11) is 1.91. The molecule has 0 saturated carbocycles. The minimum Gasteiger partial charge on any atom is -0.409 e. The second-order valence-electron chi connectivity index (χ2n) is 4.08. The van der Waals surface area contributed by atoms with Gasteiger partial charge in [0.15, 0.2) is 5.84 Å². The van der Waals surface area contributed by atoms with Gasteiger partial charge in [-0.15, -0.1) is 0 Å². The molecule has 1 unspecified atom stereocenters. The Balaban J connectivity index is 2.72. The van der Waals surface area contributed by atoms with E-state index in [2.05, 4.69) is 10.1 Å². The quantitative estimate of drug-likeness (QED) is 0.290. The van der Waals surface area contributed by atoms with E-state index in [0.717, 1.165) is 5.56 Å². The molecule has 1 rings (SSSR count). The number of likely N-dealkylation sites (N-methyl/N-ethyl adjacent to an activating group) is 1. The Morgan fingerprint density at radius 1 is 1.65 bits per heavy atom. The molecule has 17 heavy (non-hydrogen) atoms. The number of hydrogen-bond acceptors (Lipinski definition) is 5. The number of nitrogens with zero attached hydrogens (tertiary/aromatic N) is 3. The van der Waals surface area contributed by atoms with Crippen molar-refractivity contribution in [2.45, 2.75) is 19.6 Å². The molecule has 0 aliphatic rings. The van der Waals surface area contributed by atoms with Crippen molar-refractivity contribution in [2.24, 2.45) is 10.9 Å². The predicted octanol–water partition coefficient (Wildman–Crippen LogP) is -0.0113. The molecule has 4 N–H and O–H groups in total. The van der Waals surface area contributed by atoms with Crippen LogP contribution in [-0.2, 0) is 6.54 Å². The molecule has 6 heteroatoms. The van der Waals surface area contributed by atoms with Crippen LogP contribution in [-0.4, -0.2) is 45.7 Å². The van der Waals surface area contributed by atoms with Crippen LogP contribution in [0.2, 0.25) is 0 Å². The Morgan fingerprint density at radius 3 is 2.94 bits per heavy atom. The standard InChI is InChI=1S/C11H18N4O2/c1-8(16)6-15(2)7-9-3-4-13-10(5-9)11(12)14-17/h3-5,8,16-17H,6-7H2,1-2H3,(H2,12,14). The fraction of sp³-hybridized carbons (Fsp3) is 0.455. The van der Waals surface area contributed by atoms with Gasteiger partial charge in [-0.05, 0) is 31.7 Å². The first-order valence-corrected chi connectivity index (χ1v) is 5.32. The number of aliphatic hydroxyl groups is 1. The molecule has 1 aromatic rings. The molecular formula is C11H18N4O2. The lowest BCUT2D eigenvalue weighted by Crippen LogP contribution is -2.27. The average molecular weight is 238 g/mol. The molecule has 0 aromatic carbocycles. The van der Waals surface area contributed by atoms with Crippen molar-refractivity contribution in [3.8, 4) is 0 Å². The van der Waals surface area contributed by atoms with Crippen LogP contribution in [0.3, 0.4) is 0 Å². The van der Waals surface area contributed by atoms with Crippen molar-refractivity contribution in [3.05, 3.63) is 29.6 Å². The highest BCUT2D eigenvalue weighted by Crippen LogP contribution is 2.05. The second-order valence-corrected chi connectivity index (χ2v) is 4.08. The van der Waals surface area contributed by atoms with E-state index in [1.807, 2.05) is 18.0 Å². The third-order valence-corrected chi connectivity index (χ3v) is 2.22. The molecule has 0 aliphatic carbocycles. The second kappa shape index (κ2) is 6.17. The maximum atomic E-state index is 9.26. The summed E-state index contributed by atoms with van der Waals surface area (Å²) < 4.78 is 0. The number of hydrogen-bond donors (Lipinski definition) is 3. The smallest absolute Gasteiger partial charge is 0.188 e. The summed E-state index contributed by atoms with van der Waals surface area (Å²) in [5, 5.41) is 20.7. The van der Waals surface area contributed by atoms with E-state index >= 15 is 0 Å². The number of nitrogens with two attached hydrogens (primary N) is 1. The molecule has 1 atom stereocenters. The number of rotatable bonds is 5. The molecule has 1 heterocycles. The van der Waals surface area contributed by atoms with Gasteiger partial charge >= 0.3 is 0 Å². The van der Waals surface area contributed by atoms with E-state index in [-0.39, 0.29) is 11.9 Å². The number of aliphatic hydroxyl groups excluding tert-OH is 1. The third-order valence-electron chi connectivity index (χ3n) is 2.22. The largest absolute Gasteiger partial charge is 0.409 e. The van der Waals surface area contributed by atoms with Gasteiger partial charge in [-0.25, -0.2) is 0 Å². The molecule has 0 bridgehead atoms. The third kappa shape index (κ3) is 4.38. The number of oxime groups is 1. The van der Waals surface area contributed by atoms with E-state index in [1.165, 1.54) is 0 Å². The molecule has 94 valence electrons. The van der Waals surface area contributed by atoms with E-state index in [4.69, 9.17) is 10.9 Å². The maximum absolute atomic E-state index is 9.26. The van der Waals surface area contributed by atoms with Crippen molar-refractivity contribution >= 4 is 5.84 Å². The normalized spacial score (nSPS) is 14.0. The SMILES string of the molecule is CC(O)CN(C)Cc1ccnc(C(N)=NO)c1. The molecule has 0 fully saturated rings. The van der Waals surface area contributed by atoms with Crippen LogP contribution in [0.25, 0.3) is 0 Å². The van der Waals surface area contributed by atoms with Gasteiger partial charge in [0.2, 0.25) is 0 Å². The van der Waals surface area contributed by atoms with Crippen molar-refractivity contribution in [1.29, 1.82) is 0 Å². The topological polar surface area (TPSA) is 95.0 Å². The number of amidine groups is 1. The van der Waals surface area contributed by atoms with Crippen LogP contribution >= 0.6 is 0 Å².